The minimum absolute atomic E-state index is 0.00838. The van der Waals surface area contributed by atoms with E-state index in [0.717, 1.165) is 63.3 Å². The number of carbonyl (C=O) groups excluding carboxylic acids is 1. The number of rotatable bonds is 2. The molecule has 3 heterocycles. The number of benzene rings is 1. The molecule has 5 nitrogen and oxygen atoms in total. The lowest BCUT2D eigenvalue weighted by molar-refractivity contribution is -0.122. The predicted octanol–water partition coefficient (Wildman–Crippen LogP) is 3.09. The zero-order valence-electron chi connectivity index (χ0n) is 15.3. The third-order valence-electron chi connectivity index (χ3n) is 6.01. The first kappa shape index (κ1) is 16.9. The number of hydrogen-bond acceptors (Lipinski definition) is 4. The Labute approximate surface area is 150 Å². The number of anilines is 2. The highest BCUT2D eigenvalue weighted by Gasteiger charge is 2.44. The Morgan fingerprint density at radius 3 is 2.64 bits per heavy atom. The number of para-hydroxylation sites is 2. The second-order valence-corrected chi connectivity index (χ2v) is 8.47. The van der Waals surface area contributed by atoms with Crippen LogP contribution in [-0.4, -0.2) is 48.2 Å². The van der Waals surface area contributed by atoms with E-state index in [-0.39, 0.29) is 11.5 Å². The summed E-state index contributed by atoms with van der Waals surface area (Å²) in [4.78, 5) is 15.2. The van der Waals surface area contributed by atoms with E-state index < -0.39 is 5.54 Å². The number of likely N-dealkylation sites (tertiary alicyclic amines) is 1. The summed E-state index contributed by atoms with van der Waals surface area (Å²) in [7, 11) is 0. The Hall–Kier alpha value is -1.59. The van der Waals surface area contributed by atoms with Gasteiger partial charge in [-0.15, -0.1) is 0 Å². The summed E-state index contributed by atoms with van der Waals surface area (Å²) >= 11 is 0. The van der Waals surface area contributed by atoms with Gasteiger partial charge < -0.3 is 20.3 Å². The fourth-order valence-electron chi connectivity index (χ4n) is 4.61. The average molecular weight is 343 g/mol. The Morgan fingerprint density at radius 1 is 1.20 bits per heavy atom. The first-order chi connectivity index (χ1) is 12.0. The van der Waals surface area contributed by atoms with Crippen LogP contribution in [0.15, 0.2) is 24.3 Å². The lowest BCUT2D eigenvalue weighted by Crippen LogP contribution is -2.58. The number of hydrogen-bond donors (Lipinski definition) is 2. The van der Waals surface area contributed by atoms with Crippen LogP contribution < -0.4 is 10.6 Å². The van der Waals surface area contributed by atoms with Gasteiger partial charge in [0, 0.05) is 26.2 Å². The van der Waals surface area contributed by atoms with Crippen LogP contribution in [0.2, 0.25) is 0 Å². The van der Waals surface area contributed by atoms with Crippen molar-refractivity contribution in [1.82, 2.24) is 4.90 Å². The second kappa shape index (κ2) is 6.29. The second-order valence-electron chi connectivity index (χ2n) is 8.47. The number of carbonyl (C=O) groups is 1. The van der Waals surface area contributed by atoms with Gasteiger partial charge in [0.15, 0.2) is 0 Å². The number of nitrogens with zero attached hydrogens (tertiary/aromatic N) is 1. The van der Waals surface area contributed by atoms with Crippen LogP contribution in [0.25, 0.3) is 0 Å². The highest BCUT2D eigenvalue weighted by atomic mass is 16.5. The van der Waals surface area contributed by atoms with E-state index in [1.165, 1.54) is 0 Å². The highest BCUT2D eigenvalue weighted by Crippen LogP contribution is 2.37. The molecular formula is C20H29N3O2. The third-order valence-corrected chi connectivity index (χ3v) is 6.01. The monoisotopic (exact) mass is 343 g/mol. The largest absolute Gasteiger partial charge is 0.376 e. The smallest absolute Gasteiger partial charge is 0.250 e. The van der Waals surface area contributed by atoms with Crippen molar-refractivity contribution in [2.45, 2.75) is 50.7 Å². The maximum absolute atomic E-state index is 12.7. The molecule has 0 bridgehead atoms. The molecular weight excluding hydrogens is 314 g/mol. The quantitative estimate of drug-likeness (QED) is 0.866. The van der Waals surface area contributed by atoms with Crippen LogP contribution in [0.5, 0.6) is 0 Å². The molecule has 1 amide bonds. The Bertz CT molecular complexity index is 650. The van der Waals surface area contributed by atoms with Crippen molar-refractivity contribution in [1.29, 1.82) is 0 Å². The molecule has 1 spiro atoms. The first-order valence-corrected chi connectivity index (χ1v) is 9.51. The van der Waals surface area contributed by atoms with Crippen molar-refractivity contribution in [2.24, 2.45) is 5.92 Å². The minimum Gasteiger partial charge on any atom is -0.376 e. The van der Waals surface area contributed by atoms with Crippen molar-refractivity contribution < 1.29 is 9.53 Å². The summed E-state index contributed by atoms with van der Waals surface area (Å²) in [6, 6.07) is 7.97. The Kier molecular flexibility index (Phi) is 4.24. The van der Waals surface area contributed by atoms with Crippen molar-refractivity contribution in [3.8, 4) is 0 Å². The summed E-state index contributed by atoms with van der Waals surface area (Å²) in [5.74, 6) is 0.824. The number of nitrogens with one attached hydrogen (secondary N) is 2. The molecule has 4 rings (SSSR count). The molecule has 0 aliphatic carbocycles. The topological polar surface area (TPSA) is 53.6 Å². The van der Waals surface area contributed by atoms with Gasteiger partial charge in [-0.25, -0.2) is 0 Å². The lowest BCUT2D eigenvalue weighted by Gasteiger charge is -2.45. The van der Waals surface area contributed by atoms with Gasteiger partial charge in [0.1, 0.15) is 5.54 Å². The Morgan fingerprint density at radius 2 is 1.92 bits per heavy atom. The van der Waals surface area contributed by atoms with E-state index in [9.17, 15) is 4.79 Å². The summed E-state index contributed by atoms with van der Waals surface area (Å²) in [5, 5.41) is 6.63. The van der Waals surface area contributed by atoms with Crippen LogP contribution in [0, 0.1) is 5.92 Å². The number of piperidine rings is 1. The lowest BCUT2D eigenvalue weighted by atomic mass is 9.83. The van der Waals surface area contributed by atoms with Gasteiger partial charge in [-0.2, -0.15) is 0 Å². The summed E-state index contributed by atoms with van der Waals surface area (Å²) < 4.78 is 5.84. The molecule has 1 atom stereocenters. The first-order valence-electron chi connectivity index (χ1n) is 9.51. The number of ether oxygens (including phenoxy) is 1. The van der Waals surface area contributed by atoms with Crippen LogP contribution >= 0.6 is 0 Å². The summed E-state index contributed by atoms with van der Waals surface area (Å²) in [5.41, 5.74) is 1.50. The van der Waals surface area contributed by atoms with Gasteiger partial charge in [0.05, 0.1) is 17.0 Å². The van der Waals surface area contributed by atoms with Gasteiger partial charge in [0.25, 0.3) is 0 Å². The number of amides is 1. The van der Waals surface area contributed by atoms with Crippen LogP contribution in [-0.2, 0) is 9.53 Å². The van der Waals surface area contributed by atoms with E-state index >= 15 is 0 Å². The van der Waals surface area contributed by atoms with Gasteiger partial charge in [-0.3, -0.25) is 4.79 Å². The molecule has 0 radical (unpaired) electrons. The fraction of sp³-hybridized carbons (Fsp3) is 0.650. The van der Waals surface area contributed by atoms with Gasteiger partial charge in [-0.1, -0.05) is 12.1 Å². The van der Waals surface area contributed by atoms with Gasteiger partial charge >= 0.3 is 0 Å². The number of fused-ring (bicyclic) bond motifs is 1. The fourth-order valence-corrected chi connectivity index (χ4v) is 4.61. The molecule has 5 heteroatoms. The molecule has 1 aromatic rings. The minimum atomic E-state index is -0.445. The zero-order valence-corrected chi connectivity index (χ0v) is 15.3. The molecule has 2 N–H and O–H groups in total. The highest BCUT2D eigenvalue weighted by molar-refractivity contribution is 6.06. The standard InChI is InChI=1S/C20H29N3O2/c1-19(2)13-15(7-12-25-19)14-23-10-8-20(9-11-23)18(24)21-16-5-3-4-6-17(16)22-20/h3-6,15,22H,7-14H2,1-2H3,(H,21,24). The molecule has 2 saturated heterocycles. The van der Waals surface area contributed by atoms with Crippen LogP contribution in [0.1, 0.15) is 39.5 Å². The van der Waals surface area contributed by atoms with Crippen molar-refractivity contribution in [3.63, 3.8) is 0 Å². The maximum atomic E-state index is 12.7. The molecule has 1 unspecified atom stereocenters. The molecule has 0 aromatic heterocycles. The predicted molar refractivity (Wildman–Crippen MR) is 99.9 cm³/mol. The van der Waals surface area contributed by atoms with E-state index in [0.29, 0.717) is 5.92 Å². The van der Waals surface area contributed by atoms with E-state index in [4.69, 9.17) is 4.74 Å². The Balaban J connectivity index is 1.37. The van der Waals surface area contributed by atoms with Gasteiger partial charge in [-0.05, 0) is 57.6 Å². The van der Waals surface area contributed by atoms with E-state index in [1.54, 1.807) is 0 Å². The van der Waals surface area contributed by atoms with Crippen LogP contribution in [0.4, 0.5) is 11.4 Å². The zero-order chi connectivity index (χ0) is 17.5. The normalized spacial score (nSPS) is 28.1. The van der Waals surface area contributed by atoms with Gasteiger partial charge in [0.2, 0.25) is 5.91 Å². The molecule has 3 aliphatic rings. The summed E-state index contributed by atoms with van der Waals surface area (Å²) in [6.45, 7) is 8.33. The molecule has 1 aromatic carbocycles. The molecule has 136 valence electrons. The van der Waals surface area contributed by atoms with Crippen LogP contribution in [0.3, 0.4) is 0 Å². The molecule has 2 fully saturated rings. The van der Waals surface area contributed by atoms with Crippen molar-refractivity contribution in [3.05, 3.63) is 24.3 Å². The van der Waals surface area contributed by atoms with Crippen molar-refractivity contribution in [2.75, 3.05) is 36.9 Å². The summed E-state index contributed by atoms with van der Waals surface area (Å²) in [6.07, 6.45) is 4.00. The average Bonchev–Trinajstić information content (AvgIpc) is 2.57. The molecule has 0 saturated carbocycles. The van der Waals surface area contributed by atoms with Crippen molar-refractivity contribution >= 4 is 17.3 Å². The SMILES string of the molecule is CC1(C)CC(CN2CCC3(CC2)Nc2ccccc2NC3=O)CCO1. The van der Waals surface area contributed by atoms with E-state index in [2.05, 4.69) is 29.4 Å². The third kappa shape index (κ3) is 3.40. The molecule has 3 aliphatic heterocycles. The van der Waals surface area contributed by atoms with E-state index in [1.807, 2.05) is 24.3 Å². The molecule has 25 heavy (non-hydrogen) atoms. The maximum Gasteiger partial charge on any atom is 0.250 e.